The third-order valence-electron chi connectivity index (χ3n) is 1.34. The van der Waals surface area contributed by atoms with Gasteiger partial charge in [0.15, 0.2) is 0 Å². The first kappa shape index (κ1) is 10.1. The Labute approximate surface area is 65.7 Å². The molecule has 0 heterocycles. The summed E-state index contributed by atoms with van der Waals surface area (Å²) >= 11 is 0. The molecule has 0 aliphatic heterocycles. The van der Waals surface area contributed by atoms with Crippen molar-refractivity contribution < 1.29 is 14.3 Å². The van der Waals surface area contributed by atoms with Gasteiger partial charge < -0.3 is 15.3 Å². The van der Waals surface area contributed by atoms with Gasteiger partial charge in [-0.3, -0.25) is 4.79 Å². The highest BCUT2D eigenvalue weighted by atomic mass is 16.5. The van der Waals surface area contributed by atoms with Gasteiger partial charge in [0.05, 0.1) is 7.11 Å². The van der Waals surface area contributed by atoms with Crippen LogP contribution in [0.15, 0.2) is 0 Å². The number of hydrogen-bond donors (Lipinski definition) is 1. The summed E-state index contributed by atoms with van der Waals surface area (Å²) in [6, 6.07) is -0.583. The predicted octanol–water partition coefficient (Wildman–Crippen LogP) is -0.144. The first-order valence-electron chi connectivity index (χ1n) is 3.49. The molecule has 0 saturated heterocycles. The lowest BCUT2D eigenvalue weighted by molar-refractivity contribution is -0.142. The number of methoxy groups -OCH3 is 1. The van der Waals surface area contributed by atoms with E-state index in [9.17, 15) is 9.59 Å². The summed E-state index contributed by atoms with van der Waals surface area (Å²) in [4.78, 5) is 20.5. The fourth-order valence-electron chi connectivity index (χ4n) is 0.690. The van der Waals surface area contributed by atoms with E-state index in [-0.39, 0.29) is 0 Å². The maximum Gasteiger partial charge on any atom is 0.322 e. The van der Waals surface area contributed by atoms with Gasteiger partial charge in [0, 0.05) is 6.42 Å². The Morgan fingerprint density at radius 1 is 1.73 bits per heavy atom. The van der Waals surface area contributed by atoms with Crippen LogP contribution < -0.4 is 5.73 Å². The van der Waals surface area contributed by atoms with Crippen LogP contribution in [0, 0.1) is 0 Å². The molecule has 1 atom stereocenters. The first-order chi connectivity index (χ1) is 5.22. The van der Waals surface area contributed by atoms with Crippen molar-refractivity contribution in [2.24, 2.45) is 5.73 Å². The molecule has 0 spiro atoms. The summed E-state index contributed by atoms with van der Waals surface area (Å²) in [5, 5.41) is 0. The molecular weight excluding hydrogens is 146 g/mol. The number of ether oxygens (including phenoxy) is 1. The summed E-state index contributed by atoms with van der Waals surface area (Å²) in [7, 11) is 1.29. The number of aldehydes is 1. The molecule has 0 aromatic rings. The van der Waals surface area contributed by atoms with E-state index in [2.05, 4.69) is 4.74 Å². The molecule has 11 heavy (non-hydrogen) atoms. The number of unbranched alkanes of at least 4 members (excludes halogenated alkanes) is 1. The number of hydrogen-bond acceptors (Lipinski definition) is 4. The van der Waals surface area contributed by atoms with E-state index < -0.39 is 12.0 Å². The van der Waals surface area contributed by atoms with E-state index in [0.29, 0.717) is 19.3 Å². The second-order valence-electron chi connectivity index (χ2n) is 2.23. The van der Waals surface area contributed by atoms with Gasteiger partial charge in [-0.25, -0.2) is 0 Å². The van der Waals surface area contributed by atoms with E-state index in [1.807, 2.05) is 0 Å². The summed E-state index contributed by atoms with van der Waals surface area (Å²) in [5.41, 5.74) is 5.38. The maximum atomic E-state index is 10.7. The van der Waals surface area contributed by atoms with Crippen molar-refractivity contribution in [2.45, 2.75) is 25.3 Å². The van der Waals surface area contributed by atoms with Crippen LogP contribution in [0.1, 0.15) is 19.3 Å². The molecular formula is C7H13NO3. The number of carbonyl (C=O) groups excluding carboxylic acids is 2. The number of rotatable bonds is 5. The second kappa shape index (κ2) is 5.85. The molecule has 0 aromatic carbocycles. The fraction of sp³-hybridized carbons (Fsp3) is 0.714. The Hall–Kier alpha value is -0.900. The minimum absolute atomic E-state index is 0.420. The van der Waals surface area contributed by atoms with E-state index in [1.54, 1.807) is 0 Å². The summed E-state index contributed by atoms with van der Waals surface area (Å²) < 4.78 is 4.39. The van der Waals surface area contributed by atoms with Gasteiger partial charge in [-0.05, 0) is 12.8 Å². The van der Waals surface area contributed by atoms with Crippen LogP contribution in [-0.4, -0.2) is 25.4 Å². The smallest absolute Gasteiger partial charge is 0.322 e. The average Bonchev–Trinajstić information content (AvgIpc) is 2.03. The topological polar surface area (TPSA) is 69.4 Å². The summed E-state index contributed by atoms with van der Waals surface area (Å²) in [6.07, 6.45) is 2.40. The molecule has 2 N–H and O–H groups in total. The van der Waals surface area contributed by atoms with E-state index in [0.717, 1.165) is 6.29 Å². The lowest BCUT2D eigenvalue weighted by atomic mass is 10.1. The molecule has 4 heteroatoms. The molecule has 0 radical (unpaired) electrons. The Kier molecular flexibility index (Phi) is 5.37. The average molecular weight is 159 g/mol. The van der Waals surface area contributed by atoms with Crippen molar-refractivity contribution >= 4 is 12.3 Å². The third-order valence-corrected chi connectivity index (χ3v) is 1.34. The quantitative estimate of drug-likeness (QED) is 0.344. The first-order valence-corrected chi connectivity index (χ1v) is 3.49. The lowest BCUT2D eigenvalue weighted by Crippen LogP contribution is -2.31. The Bertz CT molecular complexity index is 136. The van der Waals surface area contributed by atoms with Crippen molar-refractivity contribution in [3.63, 3.8) is 0 Å². The van der Waals surface area contributed by atoms with E-state index in [4.69, 9.17) is 5.73 Å². The summed E-state index contributed by atoms with van der Waals surface area (Å²) in [6.45, 7) is 0. The Morgan fingerprint density at radius 2 is 2.36 bits per heavy atom. The molecule has 0 amide bonds. The molecule has 1 unspecified atom stereocenters. The standard InChI is InChI=1S/C7H13NO3/c1-11-7(10)6(8)4-2-3-5-9/h5-6H,2-4,8H2,1H3. The van der Waals surface area contributed by atoms with Crippen molar-refractivity contribution in [1.82, 2.24) is 0 Å². The van der Waals surface area contributed by atoms with Crippen LogP contribution in [0.3, 0.4) is 0 Å². The van der Waals surface area contributed by atoms with Crippen LogP contribution in [0.2, 0.25) is 0 Å². The summed E-state index contributed by atoms with van der Waals surface area (Å²) in [5.74, 6) is -0.420. The number of esters is 1. The molecule has 0 fully saturated rings. The molecule has 0 saturated carbocycles. The molecule has 0 bridgehead atoms. The minimum Gasteiger partial charge on any atom is -0.468 e. The highest BCUT2D eigenvalue weighted by Crippen LogP contribution is 1.98. The fourth-order valence-corrected chi connectivity index (χ4v) is 0.690. The second-order valence-corrected chi connectivity index (χ2v) is 2.23. The van der Waals surface area contributed by atoms with Gasteiger partial charge in [-0.15, -0.1) is 0 Å². The van der Waals surface area contributed by atoms with Crippen LogP contribution in [0.4, 0.5) is 0 Å². The predicted molar refractivity (Wildman–Crippen MR) is 39.9 cm³/mol. The zero-order valence-electron chi connectivity index (χ0n) is 6.58. The molecule has 0 aliphatic rings. The number of carbonyl (C=O) groups is 2. The van der Waals surface area contributed by atoms with Crippen LogP contribution in [0.25, 0.3) is 0 Å². The molecule has 0 aliphatic carbocycles. The number of nitrogens with two attached hydrogens (primary N) is 1. The van der Waals surface area contributed by atoms with Crippen LogP contribution in [-0.2, 0) is 14.3 Å². The lowest BCUT2D eigenvalue weighted by Gasteiger charge is -2.06. The molecule has 64 valence electrons. The Morgan fingerprint density at radius 3 is 2.82 bits per heavy atom. The van der Waals surface area contributed by atoms with E-state index in [1.165, 1.54) is 7.11 Å². The van der Waals surface area contributed by atoms with Crippen LogP contribution >= 0.6 is 0 Å². The van der Waals surface area contributed by atoms with Crippen molar-refractivity contribution in [3.8, 4) is 0 Å². The van der Waals surface area contributed by atoms with Gasteiger partial charge in [-0.2, -0.15) is 0 Å². The Balaban J connectivity index is 3.43. The van der Waals surface area contributed by atoms with Crippen molar-refractivity contribution in [1.29, 1.82) is 0 Å². The minimum atomic E-state index is -0.583. The van der Waals surface area contributed by atoms with Crippen LogP contribution in [0.5, 0.6) is 0 Å². The SMILES string of the molecule is COC(=O)C(N)CCCC=O. The van der Waals surface area contributed by atoms with Gasteiger partial charge in [0.2, 0.25) is 0 Å². The van der Waals surface area contributed by atoms with Crippen molar-refractivity contribution in [2.75, 3.05) is 7.11 Å². The van der Waals surface area contributed by atoms with Gasteiger partial charge in [0.1, 0.15) is 12.3 Å². The van der Waals surface area contributed by atoms with E-state index >= 15 is 0 Å². The zero-order valence-corrected chi connectivity index (χ0v) is 6.58. The largest absolute Gasteiger partial charge is 0.468 e. The maximum absolute atomic E-state index is 10.7. The van der Waals surface area contributed by atoms with Crippen molar-refractivity contribution in [3.05, 3.63) is 0 Å². The molecule has 0 rings (SSSR count). The normalized spacial score (nSPS) is 12.2. The zero-order chi connectivity index (χ0) is 8.69. The molecule has 4 nitrogen and oxygen atoms in total. The van der Waals surface area contributed by atoms with Gasteiger partial charge in [-0.1, -0.05) is 0 Å². The monoisotopic (exact) mass is 159 g/mol. The van der Waals surface area contributed by atoms with Gasteiger partial charge in [0.25, 0.3) is 0 Å². The third kappa shape index (κ3) is 4.50. The van der Waals surface area contributed by atoms with Gasteiger partial charge >= 0.3 is 5.97 Å². The highest BCUT2D eigenvalue weighted by Gasteiger charge is 2.11. The molecule has 0 aromatic heterocycles. The highest BCUT2D eigenvalue weighted by molar-refractivity contribution is 5.75.